The van der Waals surface area contributed by atoms with Gasteiger partial charge in [-0.2, -0.15) is 0 Å². The lowest BCUT2D eigenvalue weighted by Gasteiger charge is -2.06. The molecular weight excluding hydrogens is 232 g/mol. The van der Waals surface area contributed by atoms with E-state index >= 15 is 0 Å². The number of aliphatic hydroxyl groups is 1. The maximum atomic E-state index is 10.7. The van der Waals surface area contributed by atoms with E-state index in [1.165, 1.54) is 19.1 Å². The first kappa shape index (κ1) is 13.8. The molecule has 4 nitrogen and oxygen atoms in total. The van der Waals surface area contributed by atoms with Crippen molar-refractivity contribution in [3.63, 3.8) is 0 Å². The van der Waals surface area contributed by atoms with Crippen molar-refractivity contribution in [1.82, 2.24) is 0 Å². The summed E-state index contributed by atoms with van der Waals surface area (Å²) < 4.78 is 5.23. The maximum absolute atomic E-state index is 10.7. The summed E-state index contributed by atoms with van der Waals surface area (Å²) in [5.74, 6) is 0.110. The summed E-state index contributed by atoms with van der Waals surface area (Å²) in [6.07, 6.45) is 4.15. The first-order valence-corrected chi connectivity index (χ1v) is 5.58. The standard InChI is InChI=1S/C14H16O4/c1-3-18-14-9-11(5-7-13(14)17)4-6-12(16)8-10(2)15/h4-9,16-17H,3H2,1-2H3. The molecule has 1 rings (SSSR count). The van der Waals surface area contributed by atoms with Gasteiger partial charge >= 0.3 is 0 Å². The molecule has 0 unspecified atom stereocenters. The lowest BCUT2D eigenvalue weighted by atomic mass is 10.2. The van der Waals surface area contributed by atoms with Crippen molar-refractivity contribution in [2.24, 2.45) is 0 Å². The smallest absolute Gasteiger partial charge is 0.161 e. The van der Waals surface area contributed by atoms with Crippen LogP contribution in [0, 0.1) is 0 Å². The van der Waals surface area contributed by atoms with Gasteiger partial charge in [0, 0.05) is 6.08 Å². The van der Waals surface area contributed by atoms with E-state index in [9.17, 15) is 15.0 Å². The minimum atomic E-state index is -0.224. The van der Waals surface area contributed by atoms with Crippen molar-refractivity contribution in [3.8, 4) is 11.5 Å². The highest BCUT2D eigenvalue weighted by molar-refractivity contribution is 5.88. The Labute approximate surface area is 106 Å². The number of phenolic OH excluding ortho intramolecular Hbond substituents is 1. The van der Waals surface area contributed by atoms with E-state index in [2.05, 4.69) is 0 Å². The normalized spacial score (nSPS) is 11.8. The average Bonchev–Trinajstić information content (AvgIpc) is 2.29. The largest absolute Gasteiger partial charge is 0.508 e. The number of aromatic hydroxyl groups is 1. The molecule has 0 saturated carbocycles. The van der Waals surface area contributed by atoms with Crippen molar-refractivity contribution in [2.45, 2.75) is 13.8 Å². The number of aliphatic hydroxyl groups excluding tert-OH is 1. The molecule has 0 aliphatic heterocycles. The molecule has 0 bridgehead atoms. The van der Waals surface area contributed by atoms with Gasteiger partial charge in [-0.3, -0.25) is 4.79 Å². The van der Waals surface area contributed by atoms with Gasteiger partial charge in [0.25, 0.3) is 0 Å². The van der Waals surface area contributed by atoms with Gasteiger partial charge < -0.3 is 14.9 Å². The van der Waals surface area contributed by atoms with Gasteiger partial charge in [0.05, 0.1) is 6.61 Å². The van der Waals surface area contributed by atoms with E-state index in [1.807, 2.05) is 6.92 Å². The molecule has 0 amide bonds. The molecule has 1 aromatic carbocycles. The molecule has 0 heterocycles. The molecule has 0 radical (unpaired) electrons. The minimum absolute atomic E-state index is 0.0671. The molecule has 18 heavy (non-hydrogen) atoms. The summed E-state index contributed by atoms with van der Waals surface area (Å²) in [6, 6.07) is 4.84. The van der Waals surface area contributed by atoms with Crippen LogP contribution in [0.5, 0.6) is 11.5 Å². The Balaban J connectivity index is 2.88. The summed E-state index contributed by atoms with van der Waals surface area (Å²) >= 11 is 0. The number of phenols is 1. The second-order valence-corrected chi connectivity index (χ2v) is 3.67. The fourth-order valence-electron chi connectivity index (χ4n) is 1.34. The van der Waals surface area contributed by atoms with Crippen molar-refractivity contribution < 1.29 is 19.7 Å². The summed E-state index contributed by atoms with van der Waals surface area (Å²) in [7, 11) is 0. The lowest BCUT2D eigenvalue weighted by Crippen LogP contribution is -1.92. The molecular formula is C14H16O4. The van der Waals surface area contributed by atoms with Crippen molar-refractivity contribution >= 4 is 11.9 Å². The van der Waals surface area contributed by atoms with Crippen LogP contribution in [0.3, 0.4) is 0 Å². The summed E-state index contributed by atoms with van der Waals surface area (Å²) in [5, 5.41) is 18.9. The first-order valence-electron chi connectivity index (χ1n) is 5.58. The zero-order valence-electron chi connectivity index (χ0n) is 10.4. The number of hydrogen-bond acceptors (Lipinski definition) is 4. The average molecular weight is 248 g/mol. The number of ketones is 1. The Morgan fingerprint density at radius 1 is 1.44 bits per heavy atom. The van der Waals surface area contributed by atoms with Crippen LogP contribution in [0.2, 0.25) is 0 Å². The third kappa shape index (κ3) is 4.33. The van der Waals surface area contributed by atoms with Crippen LogP contribution < -0.4 is 4.74 Å². The number of hydrogen-bond donors (Lipinski definition) is 2. The lowest BCUT2D eigenvalue weighted by molar-refractivity contribution is -0.112. The summed E-state index contributed by atoms with van der Waals surface area (Å²) in [5.41, 5.74) is 0.750. The van der Waals surface area contributed by atoms with E-state index in [0.717, 1.165) is 11.6 Å². The molecule has 0 aromatic heterocycles. The molecule has 2 N–H and O–H groups in total. The zero-order chi connectivity index (χ0) is 13.5. The van der Waals surface area contributed by atoms with Gasteiger partial charge in [-0.15, -0.1) is 0 Å². The van der Waals surface area contributed by atoms with E-state index in [-0.39, 0.29) is 17.3 Å². The number of allylic oxidation sites excluding steroid dienone is 2. The van der Waals surface area contributed by atoms with Gasteiger partial charge in [-0.05, 0) is 37.6 Å². The number of carbonyl (C=O) groups is 1. The second-order valence-electron chi connectivity index (χ2n) is 3.67. The first-order chi connectivity index (χ1) is 8.52. The molecule has 96 valence electrons. The van der Waals surface area contributed by atoms with Crippen LogP contribution in [0.25, 0.3) is 6.08 Å². The molecule has 4 heteroatoms. The Morgan fingerprint density at radius 3 is 2.78 bits per heavy atom. The fraction of sp³-hybridized carbons (Fsp3) is 0.214. The zero-order valence-corrected chi connectivity index (χ0v) is 10.4. The molecule has 0 aliphatic rings. The molecule has 1 aromatic rings. The van der Waals surface area contributed by atoms with Crippen LogP contribution in [-0.2, 0) is 4.79 Å². The highest BCUT2D eigenvalue weighted by Crippen LogP contribution is 2.27. The minimum Gasteiger partial charge on any atom is -0.508 e. The molecule has 0 spiro atoms. The van der Waals surface area contributed by atoms with E-state index in [0.29, 0.717) is 12.4 Å². The quantitative estimate of drug-likeness (QED) is 0.477. The Morgan fingerprint density at radius 2 is 2.17 bits per heavy atom. The number of ether oxygens (including phenoxy) is 1. The third-order valence-corrected chi connectivity index (χ3v) is 2.08. The highest BCUT2D eigenvalue weighted by atomic mass is 16.5. The van der Waals surface area contributed by atoms with E-state index in [1.54, 1.807) is 18.2 Å². The van der Waals surface area contributed by atoms with Crippen LogP contribution in [0.1, 0.15) is 19.4 Å². The number of benzene rings is 1. The summed E-state index contributed by atoms with van der Waals surface area (Å²) in [6.45, 7) is 3.64. The molecule has 0 aliphatic carbocycles. The predicted octanol–water partition coefficient (Wildman–Crippen LogP) is 2.84. The van der Waals surface area contributed by atoms with Crippen molar-refractivity contribution in [3.05, 3.63) is 41.7 Å². The van der Waals surface area contributed by atoms with Crippen LogP contribution in [0.15, 0.2) is 36.1 Å². The van der Waals surface area contributed by atoms with E-state index < -0.39 is 0 Å². The number of rotatable bonds is 5. The number of carbonyl (C=O) groups excluding carboxylic acids is 1. The van der Waals surface area contributed by atoms with Gasteiger partial charge in [0.15, 0.2) is 17.3 Å². The topological polar surface area (TPSA) is 66.8 Å². The van der Waals surface area contributed by atoms with Gasteiger partial charge in [0.1, 0.15) is 5.76 Å². The third-order valence-electron chi connectivity index (χ3n) is 2.08. The van der Waals surface area contributed by atoms with Gasteiger partial charge in [-0.25, -0.2) is 0 Å². The Bertz CT molecular complexity index is 487. The molecule has 0 fully saturated rings. The molecule has 0 saturated heterocycles. The summed E-state index contributed by atoms with van der Waals surface area (Å²) in [4.78, 5) is 10.7. The van der Waals surface area contributed by atoms with Crippen LogP contribution in [0.4, 0.5) is 0 Å². The van der Waals surface area contributed by atoms with Crippen LogP contribution >= 0.6 is 0 Å². The van der Waals surface area contributed by atoms with Crippen molar-refractivity contribution in [1.29, 1.82) is 0 Å². The predicted molar refractivity (Wildman–Crippen MR) is 69.7 cm³/mol. The van der Waals surface area contributed by atoms with Crippen molar-refractivity contribution in [2.75, 3.05) is 6.61 Å². The van der Waals surface area contributed by atoms with Crippen LogP contribution in [-0.4, -0.2) is 22.6 Å². The monoisotopic (exact) mass is 248 g/mol. The SMILES string of the molecule is CCOc1cc(C=CC(O)=CC(C)=O)ccc1O. The Hall–Kier alpha value is -2.23. The second kappa shape index (κ2) is 6.49. The fourth-order valence-corrected chi connectivity index (χ4v) is 1.34. The Kier molecular flexibility index (Phi) is 4.99. The van der Waals surface area contributed by atoms with Gasteiger partial charge in [0.2, 0.25) is 0 Å². The maximum Gasteiger partial charge on any atom is 0.161 e. The van der Waals surface area contributed by atoms with E-state index in [4.69, 9.17) is 4.74 Å². The molecule has 0 atom stereocenters. The van der Waals surface area contributed by atoms with Gasteiger partial charge in [-0.1, -0.05) is 12.1 Å². The highest BCUT2D eigenvalue weighted by Gasteiger charge is 2.01.